The molecule has 1 aliphatic heterocycles. The first kappa shape index (κ1) is 15.1. The molecule has 5 nitrogen and oxygen atoms in total. The summed E-state index contributed by atoms with van der Waals surface area (Å²) in [7, 11) is 2.14. The zero-order chi connectivity index (χ0) is 14.7. The molecule has 1 aromatic carbocycles. The van der Waals surface area contributed by atoms with Crippen LogP contribution in [0.5, 0.6) is 0 Å². The molecule has 0 bridgehead atoms. The van der Waals surface area contributed by atoms with E-state index < -0.39 is 4.92 Å². The smallest absolute Gasteiger partial charge is 0.288 e. The number of nitrogens with zero attached hydrogens (tertiary/aromatic N) is 2. The van der Waals surface area contributed by atoms with Gasteiger partial charge in [0.25, 0.3) is 5.69 Å². The van der Waals surface area contributed by atoms with Gasteiger partial charge in [-0.2, -0.15) is 0 Å². The second kappa shape index (κ2) is 6.41. The van der Waals surface area contributed by atoms with Crippen molar-refractivity contribution in [2.75, 3.05) is 25.5 Å². The molecule has 0 saturated carbocycles. The van der Waals surface area contributed by atoms with Gasteiger partial charge in [-0.3, -0.25) is 10.1 Å². The summed E-state index contributed by atoms with van der Waals surface area (Å²) in [4.78, 5) is 12.6. The van der Waals surface area contributed by atoms with Crippen molar-refractivity contribution in [2.24, 2.45) is 5.92 Å². The molecule has 2 rings (SSSR count). The van der Waals surface area contributed by atoms with Gasteiger partial charge in [0.1, 0.15) is 5.02 Å². The summed E-state index contributed by atoms with van der Waals surface area (Å²) in [5, 5.41) is 14.3. The van der Waals surface area contributed by atoms with Gasteiger partial charge in [-0.05, 0) is 58.0 Å². The van der Waals surface area contributed by atoms with Gasteiger partial charge in [0.05, 0.1) is 4.92 Å². The Hall–Kier alpha value is -1.33. The fourth-order valence-electron chi connectivity index (χ4n) is 2.65. The third-order valence-electron chi connectivity index (χ3n) is 4.01. The van der Waals surface area contributed by atoms with Gasteiger partial charge in [0.2, 0.25) is 0 Å². The van der Waals surface area contributed by atoms with E-state index in [-0.39, 0.29) is 10.7 Å². The number of halogens is 1. The van der Waals surface area contributed by atoms with Crippen molar-refractivity contribution in [3.05, 3.63) is 33.3 Å². The lowest BCUT2D eigenvalue weighted by Gasteiger charge is -2.33. The molecule has 0 aliphatic carbocycles. The van der Waals surface area contributed by atoms with Gasteiger partial charge in [0.15, 0.2) is 0 Å². The number of benzene rings is 1. The highest BCUT2D eigenvalue weighted by Gasteiger charge is 2.22. The quantitative estimate of drug-likeness (QED) is 0.683. The van der Waals surface area contributed by atoms with Crippen LogP contribution >= 0.6 is 11.6 Å². The molecule has 1 saturated heterocycles. The van der Waals surface area contributed by atoms with Crippen molar-refractivity contribution in [2.45, 2.75) is 25.8 Å². The summed E-state index contributed by atoms with van der Waals surface area (Å²) in [6.45, 7) is 4.40. The maximum atomic E-state index is 10.7. The Balaban J connectivity index is 1.99. The number of hydrogen-bond donors (Lipinski definition) is 1. The Morgan fingerprint density at radius 1 is 1.45 bits per heavy atom. The maximum absolute atomic E-state index is 10.7. The number of anilines is 1. The average Bonchev–Trinajstić information content (AvgIpc) is 2.39. The molecule has 0 spiro atoms. The van der Waals surface area contributed by atoms with Gasteiger partial charge >= 0.3 is 0 Å². The van der Waals surface area contributed by atoms with Crippen LogP contribution in [0.15, 0.2) is 18.2 Å². The average molecular weight is 298 g/mol. The molecular formula is C14H20ClN3O2. The molecule has 0 aromatic heterocycles. The molecule has 1 aromatic rings. The largest absolute Gasteiger partial charge is 0.382 e. The molecule has 1 heterocycles. The van der Waals surface area contributed by atoms with Crippen molar-refractivity contribution >= 4 is 23.0 Å². The van der Waals surface area contributed by atoms with Gasteiger partial charge in [-0.15, -0.1) is 0 Å². The molecule has 1 aliphatic rings. The van der Waals surface area contributed by atoms with Gasteiger partial charge < -0.3 is 10.2 Å². The van der Waals surface area contributed by atoms with Crippen LogP contribution < -0.4 is 5.32 Å². The lowest BCUT2D eigenvalue weighted by molar-refractivity contribution is -0.384. The number of nitro groups is 1. The third kappa shape index (κ3) is 3.61. The lowest BCUT2D eigenvalue weighted by atomic mass is 9.90. The van der Waals surface area contributed by atoms with Crippen LogP contribution in [0.1, 0.15) is 19.8 Å². The zero-order valence-corrected chi connectivity index (χ0v) is 12.6. The van der Waals surface area contributed by atoms with Crippen LogP contribution in [0.25, 0.3) is 0 Å². The summed E-state index contributed by atoms with van der Waals surface area (Å²) >= 11 is 5.92. The minimum atomic E-state index is -0.466. The van der Waals surface area contributed by atoms with E-state index in [2.05, 4.69) is 24.2 Å². The highest BCUT2D eigenvalue weighted by molar-refractivity contribution is 6.32. The highest BCUT2D eigenvalue weighted by atomic mass is 35.5. The zero-order valence-electron chi connectivity index (χ0n) is 11.8. The lowest BCUT2D eigenvalue weighted by Crippen LogP contribution is -2.37. The van der Waals surface area contributed by atoms with Crippen molar-refractivity contribution < 1.29 is 4.92 Å². The predicted octanol–water partition coefficient (Wildman–Crippen LogP) is 3.39. The van der Waals surface area contributed by atoms with Crippen LogP contribution in [-0.2, 0) is 0 Å². The van der Waals surface area contributed by atoms with Crippen LogP contribution in [0.4, 0.5) is 11.4 Å². The summed E-state index contributed by atoms with van der Waals surface area (Å²) in [6, 6.07) is 5.13. The predicted molar refractivity (Wildman–Crippen MR) is 81.4 cm³/mol. The topological polar surface area (TPSA) is 58.4 Å². The molecule has 0 radical (unpaired) electrons. The molecule has 1 N–H and O–H groups in total. The first-order valence-corrected chi connectivity index (χ1v) is 7.24. The van der Waals surface area contributed by atoms with E-state index >= 15 is 0 Å². The van der Waals surface area contributed by atoms with E-state index in [4.69, 9.17) is 11.6 Å². The number of nitro benzene ring substituents is 1. The monoisotopic (exact) mass is 297 g/mol. The Kier molecular flexibility index (Phi) is 4.83. The van der Waals surface area contributed by atoms with Crippen LogP contribution in [0.3, 0.4) is 0 Å². The fraction of sp³-hybridized carbons (Fsp3) is 0.571. The highest BCUT2D eigenvalue weighted by Crippen LogP contribution is 2.29. The Labute approximate surface area is 124 Å². The summed E-state index contributed by atoms with van der Waals surface area (Å²) in [5.41, 5.74) is 0.788. The Bertz CT molecular complexity index is 487. The van der Waals surface area contributed by atoms with E-state index in [0.29, 0.717) is 12.0 Å². The molecule has 110 valence electrons. The molecule has 6 heteroatoms. The third-order valence-corrected chi connectivity index (χ3v) is 4.31. The van der Waals surface area contributed by atoms with Gasteiger partial charge in [-0.1, -0.05) is 11.6 Å². The van der Waals surface area contributed by atoms with Crippen molar-refractivity contribution in [1.82, 2.24) is 4.90 Å². The SMILES string of the molecule is CC(Nc1ccc([N+](=O)[O-])c(Cl)c1)C1CCN(C)CC1. The number of nitrogens with one attached hydrogen (secondary N) is 1. The Morgan fingerprint density at radius 2 is 2.10 bits per heavy atom. The summed E-state index contributed by atoms with van der Waals surface area (Å²) < 4.78 is 0. The molecular weight excluding hydrogens is 278 g/mol. The van der Waals surface area contributed by atoms with Gasteiger partial charge in [-0.25, -0.2) is 0 Å². The first-order chi connectivity index (χ1) is 9.47. The minimum Gasteiger partial charge on any atom is -0.382 e. The van der Waals surface area contributed by atoms with Gasteiger partial charge in [0, 0.05) is 17.8 Å². The molecule has 1 atom stereocenters. The van der Waals surface area contributed by atoms with Crippen LogP contribution in [0, 0.1) is 16.0 Å². The van der Waals surface area contributed by atoms with Crippen LogP contribution in [-0.4, -0.2) is 36.0 Å². The second-order valence-corrected chi connectivity index (χ2v) is 5.90. The van der Waals surface area contributed by atoms with Crippen molar-refractivity contribution in [1.29, 1.82) is 0 Å². The first-order valence-electron chi connectivity index (χ1n) is 6.86. The number of hydrogen-bond acceptors (Lipinski definition) is 4. The summed E-state index contributed by atoms with van der Waals surface area (Å²) in [6.07, 6.45) is 2.34. The van der Waals surface area contributed by atoms with E-state index in [0.717, 1.165) is 18.8 Å². The van der Waals surface area contributed by atoms with Crippen molar-refractivity contribution in [3.63, 3.8) is 0 Å². The fourth-order valence-corrected chi connectivity index (χ4v) is 2.90. The maximum Gasteiger partial charge on any atom is 0.288 e. The standard InChI is InChI=1S/C14H20ClN3O2/c1-10(11-5-7-17(2)8-6-11)16-12-3-4-14(18(19)20)13(15)9-12/h3-4,9-11,16H,5-8H2,1-2H3. The number of piperidine rings is 1. The minimum absolute atomic E-state index is 0.0517. The van der Waals surface area contributed by atoms with Crippen LogP contribution in [0.2, 0.25) is 5.02 Å². The second-order valence-electron chi connectivity index (χ2n) is 5.50. The molecule has 1 fully saturated rings. The number of likely N-dealkylation sites (tertiary alicyclic amines) is 1. The normalized spacial score (nSPS) is 18.8. The summed E-state index contributed by atoms with van der Waals surface area (Å²) in [5.74, 6) is 0.625. The Morgan fingerprint density at radius 3 is 2.65 bits per heavy atom. The number of rotatable bonds is 4. The molecule has 20 heavy (non-hydrogen) atoms. The molecule has 1 unspecified atom stereocenters. The van der Waals surface area contributed by atoms with E-state index in [1.165, 1.54) is 18.9 Å². The van der Waals surface area contributed by atoms with E-state index in [1.807, 2.05) is 0 Å². The molecule has 0 amide bonds. The van der Waals surface area contributed by atoms with Crippen molar-refractivity contribution in [3.8, 4) is 0 Å². The van der Waals surface area contributed by atoms with E-state index in [9.17, 15) is 10.1 Å². The van der Waals surface area contributed by atoms with E-state index in [1.54, 1.807) is 12.1 Å².